The fraction of sp³-hybridized carbons (Fsp3) is 0.0870. The minimum Gasteiger partial charge on any atom is -0.507 e. The van der Waals surface area contributed by atoms with Crippen molar-refractivity contribution in [2.75, 3.05) is 11.9 Å². The van der Waals surface area contributed by atoms with E-state index in [0.717, 1.165) is 16.8 Å². The van der Waals surface area contributed by atoms with Gasteiger partial charge in [-0.25, -0.2) is 5.43 Å². The number of ether oxygens (including phenoxy) is 1. The van der Waals surface area contributed by atoms with Gasteiger partial charge in [-0.2, -0.15) is 5.10 Å². The molecule has 0 bridgehead atoms. The zero-order chi connectivity index (χ0) is 21.3. The first-order chi connectivity index (χ1) is 14.5. The van der Waals surface area contributed by atoms with Gasteiger partial charge in [0.25, 0.3) is 11.8 Å². The van der Waals surface area contributed by atoms with E-state index in [9.17, 15) is 14.7 Å². The van der Waals surface area contributed by atoms with E-state index in [0.29, 0.717) is 5.75 Å². The van der Waals surface area contributed by atoms with Crippen LogP contribution < -0.4 is 15.5 Å². The maximum Gasteiger partial charge on any atom is 0.275 e. The second-order valence-electron chi connectivity index (χ2n) is 6.44. The number of carbonyl (C=O) groups is 2. The smallest absolute Gasteiger partial charge is 0.275 e. The number of carbonyl (C=O) groups excluding carboxylic acids is 2. The number of rotatable bonds is 7. The minimum absolute atomic E-state index is 0.113. The Hall–Kier alpha value is -4.13. The Morgan fingerprint density at radius 3 is 2.43 bits per heavy atom. The molecule has 3 rings (SSSR count). The molecule has 3 aromatic carbocycles. The van der Waals surface area contributed by atoms with E-state index in [1.54, 1.807) is 36.4 Å². The Kier molecular flexibility index (Phi) is 6.78. The summed E-state index contributed by atoms with van der Waals surface area (Å²) in [6, 6.07) is 20.6. The van der Waals surface area contributed by atoms with Gasteiger partial charge in [0.2, 0.25) is 0 Å². The summed E-state index contributed by atoms with van der Waals surface area (Å²) in [4.78, 5) is 24.0. The van der Waals surface area contributed by atoms with Crippen molar-refractivity contribution in [1.82, 2.24) is 5.43 Å². The van der Waals surface area contributed by atoms with Gasteiger partial charge in [-0.1, -0.05) is 30.3 Å². The first kappa shape index (κ1) is 20.6. The molecule has 3 N–H and O–H groups in total. The summed E-state index contributed by atoms with van der Waals surface area (Å²) in [6.45, 7) is 1.81. The summed E-state index contributed by atoms with van der Waals surface area (Å²) >= 11 is 0. The van der Waals surface area contributed by atoms with Crippen molar-refractivity contribution in [3.05, 3.63) is 89.5 Å². The number of amides is 2. The third-order valence-electron chi connectivity index (χ3n) is 4.20. The summed E-state index contributed by atoms with van der Waals surface area (Å²) in [5, 5.41) is 16.3. The number of nitrogens with zero attached hydrogens (tertiary/aromatic N) is 1. The van der Waals surface area contributed by atoms with Crippen LogP contribution in [-0.2, 0) is 4.79 Å². The maximum atomic E-state index is 12.0. The largest absolute Gasteiger partial charge is 0.507 e. The molecule has 3 aromatic rings. The molecule has 0 atom stereocenters. The molecule has 0 heterocycles. The number of aryl methyl sites for hydroxylation is 1. The van der Waals surface area contributed by atoms with Crippen LogP contribution in [0.1, 0.15) is 21.5 Å². The SMILES string of the molecule is Cc1ccccc1NC(=O)COc1ccc(/C=N/NC(=O)c2ccccc2O)cc1. The molecule has 0 aliphatic heterocycles. The highest BCUT2D eigenvalue weighted by Gasteiger charge is 2.08. The van der Waals surface area contributed by atoms with Crippen molar-refractivity contribution in [3.63, 3.8) is 0 Å². The number of phenolic OH excluding ortho intramolecular Hbond substituents is 1. The van der Waals surface area contributed by atoms with E-state index in [-0.39, 0.29) is 23.8 Å². The molecule has 0 radical (unpaired) electrons. The van der Waals surface area contributed by atoms with Gasteiger partial charge < -0.3 is 15.2 Å². The Bertz CT molecular complexity index is 1060. The van der Waals surface area contributed by atoms with Crippen LogP contribution in [0, 0.1) is 6.92 Å². The van der Waals surface area contributed by atoms with Crippen molar-refractivity contribution in [1.29, 1.82) is 0 Å². The van der Waals surface area contributed by atoms with Crippen LogP contribution in [0.2, 0.25) is 0 Å². The molecular weight excluding hydrogens is 382 g/mol. The Morgan fingerprint density at radius 2 is 1.70 bits per heavy atom. The molecule has 7 nitrogen and oxygen atoms in total. The molecule has 2 amide bonds. The number of aromatic hydroxyl groups is 1. The van der Waals surface area contributed by atoms with Crippen molar-refractivity contribution in [2.45, 2.75) is 6.92 Å². The van der Waals surface area contributed by atoms with E-state index >= 15 is 0 Å². The molecule has 0 aliphatic carbocycles. The van der Waals surface area contributed by atoms with Gasteiger partial charge in [-0.15, -0.1) is 0 Å². The van der Waals surface area contributed by atoms with Crippen molar-refractivity contribution < 1.29 is 19.4 Å². The topological polar surface area (TPSA) is 100 Å². The lowest BCUT2D eigenvalue weighted by atomic mass is 10.2. The highest BCUT2D eigenvalue weighted by Crippen LogP contribution is 2.16. The normalized spacial score (nSPS) is 10.6. The predicted octanol–water partition coefficient (Wildman–Crippen LogP) is 3.48. The average Bonchev–Trinajstić information content (AvgIpc) is 2.75. The molecule has 0 saturated heterocycles. The predicted molar refractivity (Wildman–Crippen MR) is 115 cm³/mol. The lowest BCUT2D eigenvalue weighted by Gasteiger charge is -2.09. The van der Waals surface area contributed by atoms with E-state index in [1.165, 1.54) is 18.3 Å². The van der Waals surface area contributed by atoms with Crippen molar-refractivity contribution in [3.8, 4) is 11.5 Å². The quantitative estimate of drug-likeness (QED) is 0.415. The van der Waals surface area contributed by atoms with Gasteiger partial charge in [-0.05, 0) is 60.5 Å². The highest BCUT2D eigenvalue weighted by atomic mass is 16.5. The van der Waals surface area contributed by atoms with E-state index in [1.807, 2.05) is 31.2 Å². The van der Waals surface area contributed by atoms with E-state index in [4.69, 9.17) is 4.74 Å². The van der Waals surface area contributed by atoms with Crippen LogP contribution in [-0.4, -0.2) is 29.7 Å². The van der Waals surface area contributed by atoms with Gasteiger partial charge in [0, 0.05) is 5.69 Å². The van der Waals surface area contributed by atoms with Crippen molar-refractivity contribution >= 4 is 23.7 Å². The molecule has 7 heteroatoms. The standard InChI is InChI=1S/C23H21N3O4/c1-16-6-2-4-8-20(16)25-22(28)15-30-18-12-10-17(11-13-18)14-24-26-23(29)19-7-3-5-9-21(19)27/h2-14,27H,15H2,1H3,(H,25,28)(H,26,29)/b24-14+. The third kappa shape index (κ3) is 5.68. The third-order valence-corrected chi connectivity index (χ3v) is 4.20. The molecule has 152 valence electrons. The van der Waals surface area contributed by atoms with Gasteiger partial charge >= 0.3 is 0 Å². The van der Waals surface area contributed by atoms with Gasteiger partial charge in [0.1, 0.15) is 11.5 Å². The molecule has 0 spiro atoms. The molecule has 30 heavy (non-hydrogen) atoms. The minimum atomic E-state index is -0.510. The Balaban J connectivity index is 1.48. The zero-order valence-corrected chi connectivity index (χ0v) is 16.3. The molecule has 0 fully saturated rings. The van der Waals surface area contributed by atoms with Crippen molar-refractivity contribution in [2.24, 2.45) is 5.10 Å². The lowest BCUT2D eigenvalue weighted by molar-refractivity contribution is -0.118. The Labute approximate surface area is 174 Å². The van der Waals surface area contributed by atoms with Gasteiger partial charge in [-0.3, -0.25) is 9.59 Å². The molecule has 0 aromatic heterocycles. The zero-order valence-electron chi connectivity index (χ0n) is 16.3. The first-order valence-corrected chi connectivity index (χ1v) is 9.22. The molecular formula is C23H21N3O4. The van der Waals surface area contributed by atoms with E-state index < -0.39 is 5.91 Å². The summed E-state index contributed by atoms with van der Waals surface area (Å²) in [6.07, 6.45) is 1.46. The lowest BCUT2D eigenvalue weighted by Crippen LogP contribution is -2.20. The number of benzene rings is 3. The molecule has 0 unspecified atom stereocenters. The van der Waals surface area contributed by atoms with Crippen LogP contribution in [0.25, 0.3) is 0 Å². The summed E-state index contributed by atoms with van der Waals surface area (Å²) in [5.74, 6) is -0.339. The van der Waals surface area contributed by atoms with E-state index in [2.05, 4.69) is 15.8 Å². The highest BCUT2D eigenvalue weighted by molar-refractivity contribution is 5.97. The van der Waals surface area contributed by atoms with Crippen LogP contribution >= 0.6 is 0 Å². The summed E-state index contributed by atoms with van der Waals surface area (Å²) < 4.78 is 5.49. The first-order valence-electron chi connectivity index (χ1n) is 9.22. The van der Waals surface area contributed by atoms with Gasteiger partial charge in [0.05, 0.1) is 11.8 Å². The van der Waals surface area contributed by atoms with Gasteiger partial charge in [0.15, 0.2) is 6.61 Å². The monoisotopic (exact) mass is 403 g/mol. The summed E-state index contributed by atoms with van der Waals surface area (Å²) in [5.41, 5.74) is 4.95. The number of nitrogens with one attached hydrogen (secondary N) is 2. The number of hydrazone groups is 1. The maximum absolute atomic E-state index is 12.0. The number of phenols is 1. The number of hydrogen-bond acceptors (Lipinski definition) is 5. The Morgan fingerprint density at radius 1 is 1.00 bits per heavy atom. The second-order valence-corrected chi connectivity index (χ2v) is 6.44. The number of para-hydroxylation sites is 2. The number of anilines is 1. The summed E-state index contributed by atoms with van der Waals surface area (Å²) in [7, 11) is 0. The average molecular weight is 403 g/mol. The second kappa shape index (κ2) is 9.88. The van der Waals surface area contributed by atoms with Crippen LogP contribution in [0.3, 0.4) is 0 Å². The van der Waals surface area contributed by atoms with Crippen LogP contribution in [0.4, 0.5) is 5.69 Å². The van der Waals surface area contributed by atoms with Crippen LogP contribution in [0.5, 0.6) is 11.5 Å². The fourth-order valence-corrected chi connectivity index (χ4v) is 2.59. The fourth-order valence-electron chi connectivity index (χ4n) is 2.59. The molecule has 0 saturated carbocycles. The number of hydrogen-bond donors (Lipinski definition) is 3. The molecule has 0 aliphatic rings. The van der Waals surface area contributed by atoms with Crippen LogP contribution in [0.15, 0.2) is 77.9 Å².